The van der Waals surface area contributed by atoms with Crippen LogP contribution in [0.25, 0.3) is 0 Å². The van der Waals surface area contributed by atoms with Gasteiger partial charge in [-0.15, -0.1) is 0 Å². The Labute approximate surface area is 133 Å². The number of nitrogens with zero attached hydrogens (tertiary/aromatic N) is 1. The molecule has 1 atom stereocenters. The van der Waals surface area contributed by atoms with E-state index in [1.807, 2.05) is 6.07 Å². The van der Waals surface area contributed by atoms with Crippen LogP contribution in [0.5, 0.6) is 0 Å². The monoisotopic (exact) mass is 314 g/mol. The van der Waals surface area contributed by atoms with Gasteiger partial charge in [-0.3, -0.25) is 9.59 Å². The fourth-order valence-electron chi connectivity index (χ4n) is 2.81. The molecule has 1 heterocycles. The maximum absolute atomic E-state index is 12.8. The van der Waals surface area contributed by atoms with Crippen LogP contribution in [0.4, 0.5) is 5.69 Å². The highest BCUT2D eigenvalue weighted by Gasteiger charge is 2.31. The highest BCUT2D eigenvalue weighted by Crippen LogP contribution is 2.32. The standard InChI is InChI=1S/C17H15ClN2O2/c1-20-15-10(9-14(19)17(20)22)5-4-7-12(15)16(21)11-6-2-3-8-13(11)18/h2-8,14H,9,19H2,1H3/t14-/m1/s1. The van der Waals surface area contributed by atoms with Gasteiger partial charge in [-0.25, -0.2) is 0 Å². The molecule has 0 saturated heterocycles. The van der Waals surface area contributed by atoms with Crippen LogP contribution >= 0.6 is 11.6 Å². The normalized spacial score (nSPS) is 17.3. The van der Waals surface area contributed by atoms with Crippen LogP contribution in [-0.4, -0.2) is 24.8 Å². The maximum atomic E-state index is 12.8. The van der Waals surface area contributed by atoms with Crippen molar-refractivity contribution in [2.45, 2.75) is 12.5 Å². The smallest absolute Gasteiger partial charge is 0.244 e. The number of nitrogens with two attached hydrogens (primary N) is 1. The van der Waals surface area contributed by atoms with Crippen molar-refractivity contribution in [3.63, 3.8) is 0 Å². The summed E-state index contributed by atoms with van der Waals surface area (Å²) in [4.78, 5) is 26.4. The quantitative estimate of drug-likeness (QED) is 0.866. The molecule has 2 N–H and O–H groups in total. The second kappa shape index (κ2) is 5.55. The molecule has 0 aliphatic carbocycles. The number of para-hydroxylation sites is 1. The molecule has 0 spiro atoms. The minimum absolute atomic E-state index is 0.188. The highest BCUT2D eigenvalue weighted by molar-refractivity contribution is 6.35. The Bertz CT molecular complexity index is 773. The summed E-state index contributed by atoms with van der Waals surface area (Å²) in [5.74, 6) is -0.385. The van der Waals surface area contributed by atoms with E-state index in [0.29, 0.717) is 28.3 Å². The molecule has 2 aromatic rings. The van der Waals surface area contributed by atoms with E-state index in [9.17, 15) is 9.59 Å². The van der Waals surface area contributed by atoms with Crippen LogP contribution in [0, 0.1) is 0 Å². The van der Waals surface area contributed by atoms with Gasteiger partial charge in [-0.2, -0.15) is 0 Å². The molecule has 22 heavy (non-hydrogen) atoms. The number of hydrogen-bond acceptors (Lipinski definition) is 3. The second-order valence-electron chi connectivity index (χ2n) is 5.33. The Morgan fingerprint density at radius 2 is 1.86 bits per heavy atom. The van der Waals surface area contributed by atoms with E-state index in [1.54, 1.807) is 43.4 Å². The first kappa shape index (κ1) is 14.8. The molecule has 0 unspecified atom stereocenters. The minimum Gasteiger partial charge on any atom is -0.320 e. The summed E-state index contributed by atoms with van der Waals surface area (Å²) in [6.07, 6.45) is 0.433. The molecule has 0 radical (unpaired) electrons. The van der Waals surface area contributed by atoms with E-state index >= 15 is 0 Å². The lowest BCUT2D eigenvalue weighted by atomic mass is 9.91. The molecule has 112 valence electrons. The van der Waals surface area contributed by atoms with Crippen LogP contribution in [0.1, 0.15) is 21.5 Å². The van der Waals surface area contributed by atoms with Crippen LogP contribution < -0.4 is 10.6 Å². The molecule has 3 rings (SSSR count). The van der Waals surface area contributed by atoms with Gasteiger partial charge >= 0.3 is 0 Å². The fraction of sp³-hybridized carbons (Fsp3) is 0.176. The number of benzene rings is 2. The Morgan fingerprint density at radius 3 is 2.59 bits per heavy atom. The molecule has 0 bridgehead atoms. The number of fused-ring (bicyclic) bond motifs is 1. The van der Waals surface area contributed by atoms with E-state index in [-0.39, 0.29) is 11.7 Å². The largest absolute Gasteiger partial charge is 0.320 e. The van der Waals surface area contributed by atoms with Gasteiger partial charge in [0.2, 0.25) is 5.91 Å². The van der Waals surface area contributed by atoms with Crippen molar-refractivity contribution >= 4 is 29.0 Å². The fourth-order valence-corrected chi connectivity index (χ4v) is 3.03. The lowest BCUT2D eigenvalue weighted by Gasteiger charge is -2.31. The Morgan fingerprint density at radius 1 is 1.18 bits per heavy atom. The van der Waals surface area contributed by atoms with Crippen molar-refractivity contribution in [2.24, 2.45) is 5.73 Å². The molecule has 1 aliphatic rings. The second-order valence-corrected chi connectivity index (χ2v) is 5.74. The van der Waals surface area contributed by atoms with Gasteiger partial charge in [0, 0.05) is 18.2 Å². The van der Waals surface area contributed by atoms with E-state index < -0.39 is 6.04 Å². The molecule has 4 nitrogen and oxygen atoms in total. The van der Waals surface area contributed by atoms with Gasteiger partial charge in [0.15, 0.2) is 5.78 Å². The lowest BCUT2D eigenvalue weighted by molar-refractivity contribution is -0.119. The summed E-state index contributed by atoms with van der Waals surface area (Å²) in [6.45, 7) is 0. The van der Waals surface area contributed by atoms with E-state index in [1.165, 1.54) is 4.90 Å². The van der Waals surface area contributed by atoms with Crippen molar-refractivity contribution in [3.05, 3.63) is 64.2 Å². The first-order valence-electron chi connectivity index (χ1n) is 6.95. The van der Waals surface area contributed by atoms with Crippen molar-refractivity contribution < 1.29 is 9.59 Å². The van der Waals surface area contributed by atoms with Crippen LogP contribution in [0.2, 0.25) is 5.02 Å². The van der Waals surface area contributed by atoms with Gasteiger partial charge < -0.3 is 10.6 Å². The van der Waals surface area contributed by atoms with Gasteiger partial charge in [0.25, 0.3) is 0 Å². The average molecular weight is 315 g/mol. The SMILES string of the molecule is CN1C(=O)[C@H](N)Cc2cccc(C(=O)c3ccccc3Cl)c21. The number of amides is 1. The molecule has 0 aromatic heterocycles. The van der Waals surface area contributed by atoms with Crippen LogP contribution in [0.15, 0.2) is 42.5 Å². The van der Waals surface area contributed by atoms with E-state index in [2.05, 4.69) is 0 Å². The third kappa shape index (κ3) is 2.30. The third-order valence-electron chi connectivity index (χ3n) is 3.91. The third-order valence-corrected chi connectivity index (χ3v) is 4.24. The van der Waals surface area contributed by atoms with Crippen LogP contribution in [-0.2, 0) is 11.2 Å². The zero-order valence-electron chi connectivity index (χ0n) is 12.0. The average Bonchev–Trinajstić information content (AvgIpc) is 2.52. The van der Waals surface area contributed by atoms with E-state index in [0.717, 1.165) is 5.56 Å². The zero-order valence-corrected chi connectivity index (χ0v) is 12.8. The van der Waals surface area contributed by atoms with Crippen LogP contribution in [0.3, 0.4) is 0 Å². The van der Waals surface area contributed by atoms with Gasteiger partial charge in [-0.05, 0) is 30.2 Å². The van der Waals surface area contributed by atoms with Crippen molar-refractivity contribution in [3.8, 4) is 0 Å². The molecule has 1 aliphatic heterocycles. The molecule has 0 saturated carbocycles. The number of carbonyl (C=O) groups is 2. The Kier molecular flexibility index (Phi) is 3.72. The highest BCUT2D eigenvalue weighted by atomic mass is 35.5. The number of ketones is 1. The number of anilines is 1. The molecule has 1 amide bonds. The van der Waals surface area contributed by atoms with Crippen molar-refractivity contribution in [1.29, 1.82) is 0 Å². The van der Waals surface area contributed by atoms with Gasteiger partial charge in [0.1, 0.15) is 0 Å². The first-order valence-corrected chi connectivity index (χ1v) is 7.32. The molecular weight excluding hydrogens is 300 g/mol. The summed E-state index contributed by atoms with van der Waals surface area (Å²) >= 11 is 6.12. The zero-order chi connectivity index (χ0) is 15.9. The summed E-state index contributed by atoms with van der Waals surface area (Å²) in [6, 6.07) is 11.7. The first-order chi connectivity index (χ1) is 10.5. The van der Waals surface area contributed by atoms with E-state index in [4.69, 9.17) is 17.3 Å². The minimum atomic E-state index is -0.567. The molecular formula is C17H15ClN2O2. The molecule has 0 fully saturated rings. The summed E-state index contributed by atoms with van der Waals surface area (Å²) in [7, 11) is 1.64. The predicted molar refractivity (Wildman–Crippen MR) is 86.4 cm³/mol. The Balaban J connectivity index is 2.14. The number of hydrogen-bond donors (Lipinski definition) is 1. The van der Waals surface area contributed by atoms with Gasteiger partial charge in [-0.1, -0.05) is 35.9 Å². The summed E-state index contributed by atoms with van der Waals surface area (Å²) < 4.78 is 0. The number of rotatable bonds is 2. The summed E-state index contributed by atoms with van der Waals surface area (Å²) in [5.41, 5.74) is 8.26. The molecule has 5 heteroatoms. The van der Waals surface area contributed by atoms with Crippen molar-refractivity contribution in [1.82, 2.24) is 0 Å². The van der Waals surface area contributed by atoms with Gasteiger partial charge in [0.05, 0.1) is 16.8 Å². The maximum Gasteiger partial charge on any atom is 0.244 e. The topological polar surface area (TPSA) is 63.4 Å². The lowest BCUT2D eigenvalue weighted by Crippen LogP contribution is -2.47. The Hall–Kier alpha value is -2.17. The number of halogens is 1. The number of likely N-dealkylation sites (N-methyl/N-ethyl adjacent to an activating group) is 1. The summed E-state index contributed by atoms with van der Waals surface area (Å²) in [5, 5.41) is 0.395. The molecule has 2 aromatic carbocycles. The predicted octanol–water partition coefficient (Wildman–Crippen LogP) is 2.42. The number of carbonyl (C=O) groups excluding carboxylic acids is 2. The van der Waals surface area contributed by atoms with Crippen molar-refractivity contribution in [2.75, 3.05) is 11.9 Å².